The minimum absolute atomic E-state index is 0.0271. The topological polar surface area (TPSA) is 81.8 Å². The van der Waals surface area contributed by atoms with Gasteiger partial charge in [-0.2, -0.15) is 0 Å². The molecule has 2 aromatic rings. The third-order valence-electron chi connectivity index (χ3n) is 5.00. The number of imide groups is 1. The van der Waals surface area contributed by atoms with E-state index in [9.17, 15) is 14.4 Å². The van der Waals surface area contributed by atoms with Crippen molar-refractivity contribution in [1.82, 2.24) is 20.4 Å². The van der Waals surface area contributed by atoms with Gasteiger partial charge in [0.05, 0.1) is 13.2 Å². The highest BCUT2D eigenvalue weighted by molar-refractivity contribution is 6.07. The third-order valence-corrected chi connectivity index (χ3v) is 5.00. The molecule has 1 heterocycles. The molecule has 3 rings (SSSR count). The Kier molecular flexibility index (Phi) is 6.52. The van der Waals surface area contributed by atoms with Crippen molar-refractivity contribution in [2.75, 3.05) is 20.3 Å². The van der Waals surface area contributed by atoms with Gasteiger partial charge in [-0.05, 0) is 32.0 Å². The van der Waals surface area contributed by atoms with Crippen molar-refractivity contribution in [3.05, 3.63) is 71.8 Å². The number of carbonyl (C=O) groups is 3. The number of likely N-dealkylation sites (N-methyl/N-ethyl adjacent to an activating group) is 1. The summed E-state index contributed by atoms with van der Waals surface area (Å²) in [4.78, 5) is 41.3. The summed E-state index contributed by atoms with van der Waals surface area (Å²) in [5, 5.41) is 5.74. The van der Waals surface area contributed by atoms with Crippen LogP contribution in [0.15, 0.2) is 60.7 Å². The van der Waals surface area contributed by atoms with Crippen LogP contribution in [-0.2, 0) is 21.5 Å². The lowest BCUT2D eigenvalue weighted by Gasteiger charge is -2.28. The monoisotopic (exact) mass is 408 g/mol. The average Bonchev–Trinajstić information content (AvgIpc) is 2.93. The minimum atomic E-state index is -1.18. The second-order valence-corrected chi connectivity index (χ2v) is 7.97. The first-order chi connectivity index (χ1) is 14.3. The van der Waals surface area contributed by atoms with Gasteiger partial charge < -0.3 is 10.6 Å². The molecule has 0 aliphatic carbocycles. The van der Waals surface area contributed by atoms with Crippen molar-refractivity contribution in [3.63, 3.8) is 0 Å². The number of carbonyl (C=O) groups excluding carboxylic acids is 3. The van der Waals surface area contributed by atoms with Crippen LogP contribution >= 0.6 is 0 Å². The minimum Gasteiger partial charge on any atom is -0.353 e. The second kappa shape index (κ2) is 9.09. The molecule has 1 fully saturated rings. The van der Waals surface area contributed by atoms with E-state index >= 15 is 0 Å². The van der Waals surface area contributed by atoms with Gasteiger partial charge in [0.15, 0.2) is 5.54 Å². The van der Waals surface area contributed by atoms with Gasteiger partial charge in [-0.25, -0.2) is 9.69 Å². The Labute approximate surface area is 177 Å². The number of benzene rings is 2. The molecule has 158 valence electrons. The molecular weight excluding hydrogens is 380 g/mol. The molecule has 30 heavy (non-hydrogen) atoms. The van der Waals surface area contributed by atoms with Crippen molar-refractivity contribution >= 4 is 17.8 Å². The average molecular weight is 409 g/mol. The molecule has 7 heteroatoms. The first-order valence-corrected chi connectivity index (χ1v) is 10.0. The Balaban J connectivity index is 1.84. The molecule has 1 aliphatic rings. The fourth-order valence-electron chi connectivity index (χ4n) is 3.70. The molecule has 2 aromatic carbocycles. The predicted molar refractivity (Wildman–Crippen MR) is 114 cm³/mol. The van der Waals surface area contributed by atoms with Crippen LogP contribution < -0.4 is 10.6 Å². The smallest absolute Gasteiger partial charge is 0.326 e. The highest BCUT2D eigenvalue weighted by Gasteiger charge is 2.52. The van der Waals surface area contributed by atoms with Crippen LogP contribution in [0.3, 0.4) is 0 Å². The Morgan fingerprint density at radius 1 is 1.07 bits per heavy atom. The first-order valence-electron chi connectivity index (χ1n) is 10.0. The summed E-state index contributed by atoms with van der Waals surface area (Å²) in [5.74, 6) is -0.475. The molecule has 0 radical (unpaired) electrons. The highest BCUT2D eigenvalue weighted by Crippen LogP contribution is 2.33. The van der Waals surface area contributed by atoms with Gasteiger partial charge in [-0.1, -0.05) is 60.7 Å². The molecule has 0 aromatic heterocycles. The second-order valence-electron chi connectivity index (χ2n) is 7.97. The standard InChI is InChI=1S/C23H28N4O3/c1-17(2)24-20(28)15-26(3)16-27-21(29)23(25-22(27)30,19-12-8-5-9-13-19)14-18-10-6-4-7-11-18/h4-13,17H,14-16H2,1-3H3,(H,24,28)(H,25,30)/t23-/m1/s1. The summed E-state index contributed by atoms with van der Waals surface area (Å²) < 4.78 is 0. The van der Waals surface area contributed by atoms with Crippen molar-refractivity contribution < 1.29 is 14.4 Å². The zero-order chi connectivity index (χ0) is 21.7. The fourth-order valence-corrected chi connectivity index (χ4v) is 3.70. The zero-order valence-electron chi connectivity index (χ0n) is 17.6. The molecule has 0 unspecified atom stereocenters. The van der Waals surface area contributed by atoms with Crippen LogP contribution in [0.2, 0.25) is 0 Å². The number of urea groups is 1. The van der Waals surface area contributed by atoms with E-state index in [1.54, 1.807) is 11.9 Å². The Morgan fingerprint density at radius 2 is 1.67 bits per heavy atom. The number of amides is 4. The lowest BCUT2D eigenvalue weighted by Crippen LogP contribution is -2.47. The SMILES string of the molecule is CC(C)NC(=O)CN(C)CN1C(=O)N[C@](Cc2ccccc2)(c2ccccc2)C1=O. The normalized spacial score (nSPS) is 18.8. The first kappa shape index (κ1) is 21.5. The van der Waals surface area contributed by atoms with Gasteiger partial charge in [0.25, 0.3) is 5.91 Å². The molecule has 1 aliphatic heterocycles. The largest absolute Gasteiger partial charge is 0.353 e. The Bertz CT molecular complexity index is 901. The number of nitrogens with one attached hydrogen (secondary N) is 2. The predicted octanol–water partition coefficient (Wildman–Crippen LogP) is 2.09. The van der Waals surface area contributed by atoms with Crippen molar-refractivity contribution in [2.24, 2.45) is 0 Å². The molecule has 7 nitrogen and oxygen atoms in total. The van der Waals surface area contributed by atoms with Crippen LogP contribution in [0.25, 0.3) is 0 Å². The van der Waals surface area contributed by atoms with E-state index in [0.717, 1.165) is 11.1 Å². The van der Waals surface area contributed by atoms with E-state index < -0.39 is 11.6 Å². The summed E-state index contributed by atoms with van der Waals surface area (Å²) in [6.07, 6.45) is 0.344. The van der Waals surface area contributed by atoms with E-state index in [4.69, 9.17) is 0 Å². The Morgan fingerprint density at radius 3 is 2.27 bits per heavy atom. The van der Waals surface area contributed by atoms with E-state index in [1.165, 1.54) is 4.90 Å². The van der Waals surface area contributed by atoms with Gasteiger partial charge in [-0.3, -0.25) is 14.5 Å². The van der Waals surface area contributed by atoms with E-state index in [1.807, 2.05) is 74.5 Å². The van der Waals surface area contributed by atoms with Gasteiger partial charge >= 0.3 is 6.03 Å². The molecule has 0 spiro atoms. The van der Waals surface area contributed by atoms with E-state index in [0.29, 0.717) is 6.42 Å². The summed E-state index contributed by atoms with van der Waals surface area (Å²) in [7, 11) is 1.71. The molecule has 0 saturated carbocycles. The zero-order valence-corrected chi connectivity index (χ0v) is 17.6. The maximum absolute atomic E-state index is 13.6. The van der Waals surface area contributed by atoms with Crippen molar-refractivity contribution in [3.8, 4) is 0 Å². The number of hydrogen-bond acceptors (Lipinski definition) is 4. The van der Waals surface area contributed by atoms with Gasteiger partial charge in [0.2, 0.25) is 5.91 Å². The molecule has 1 atom stereocenters. The number of rotatable bonds is 8. The fraction of sp³-hybridized carbons (Fsp3) is 0.348. The van der Waals surface area contributed by atoms with Crippen LogP contribution in [0.5, 0.6) is 0 Å². The molecule has 4 amide bonds. The summed E-state index contributed by atoms with van der Waals surface area (Å²) in [6.45, 7) is 3.88. The lowest BCUT2D eigenvalue weighted by atomic mass is 9.83. The van der Waals surface area contributed by atoms with Crippen molar-refractivity contribution in [1.29, 1.82) is 0 Å². The van der Waals surface area contributed by atoms with Crippen LogP contribution in [0, 0.1) is 0 Å². The summed E-state index contributed by atoms with van der Waals surface area (Å²) in [6, 6.07) is 18.5. The maximum Gasteiger partial charge on any atom is 0.326 e. The quantitative estimate of drug-likeness (QED) is 0.656. The third kappa shape index (κ3) is 4.68. The Hall–Kier alpha value is -3.19. The van der Waals surface area contributed by atoms with Crippen LogP contribution in [-0.4, -0.2) is 53.9 Å². The van der Waals surface area contributed by atoms with E-state index in [2.05, 4.69) is 10.6 Å². The van der Waals surface area contributed by atoms with Crippen molar-refractivity contribution in [2.45, 2.75) is 31.8 Å². The molecule has 0 bridgehead atoms. The van der Waals surface area contributed by atoms with E-state index in [-0.39, 0.29) is 31.1 Å². The number of hydrogen-bond donors (Lipinski definition) is 2. The summed E-state index contributed by atoms with van der Waals surface area (Å²) >= 11 is 0. The van der Waals surface area contributed by atoms with Crippen LogP contribution in [0.1, 0.15) is 25.0 Å². The molecule has 2 N–H and O–H groups in total. The summed E-state index contributed by atoms with van der Waals surface area (Å²) in [5.41, 5.74) is 0.497. The maximum atomic E-state index is 13.6. The molecule has 1 saturated heterocycles. The van der Waals surface area contributed by atoms with Gasteiger partial charge in [0, 0.05) is 12.5 Å². The highest BCUT2D eigenvalue weighted by atomic mass is 16.2. The molecular formula is C23H28N4O3. The van der Waals surface area contributed by atoms with Gasteiger partial charge in [0.1, 0.15) is 0 Å². The lowest BCUT2D eigenvalue weighted by molar-refractivity contribution is -0.134. The van der Waals surface area contributed by atoms with Gasteiger partial charge in [-0.15, -0.1) is 0 Å². The number of nitrogens with zero attached hydrogens (tertiary/aromatic N) is 2. The van der Waals surface area contributed by atoms with Crippen LogP contribution in [0.4, 0.5) is 4.79 Å².